The van der Waals surface area contributed by atoms with Crippen LogP contribution in [0.5, 0.6) is 0 Å². The minimum absolute atomic E-state index is 0.386. The van der Waals surface area contributed by atoms with Gasteiger partial charge in [0.25, 0.3) is 0 Å². The monoisotopic (exact) mass is 206 g/mol. The number of rotatable bonds is 5. The molecule has 0 saturated heterocycles. The fourth-order valence-corrected chi connectivity index (χ4v) is 1.19. The van der Waals surface area contributed by atoms with Gasteiger partial charge in [0.05, 0.1) is 0 Å². The van der Waals surface area contributed by atoms with Crippen LogP contribution >= 0.6 is 0 Å². The molecule has 0 heterocycles. The van der Waals surface area contributed by atoms with Crippen molar-refractivity contribution in [1.29, 1.82) is 0 Å². The fraction of sp³-hybridized carbons (Fsp3) is 0.417. The Morgan fingerprint density at radius 2 is 2.00 bits per heavy atom. The minimum Gasteiger partial charge on any atom is -0.385 e. The lowest BCUT2D eigenvalue weighted by molar-refractivity contribution is 0.100. The molecule has 3 heteroatoms. The molecule has 0 aliphatic carbocycles. The van der Waals surface area contributed by atoms with E-state index in [1.165, 1.54) is 0 Å². The molecule has 0 radical (unpaired) electrons. The molecule has 0 unspecified atom stereocenters. The zero-order valence-electron chi connectivity index (χ0n) is 9.29. The summed E-state index contributed by atoms with van der Waals surface area (Å²) in [5, 5.41) is 3.31. The number of primary amides is 1. The third-order valence-electron chi connectivity index (χ3n) is 2.52. The summed E-state index contributed by atoms with van der Waals surface area (Å²) in [6.07, 6.45) is 1.16. The molecule has 0 fully saturated rings. The van der Waals surface area contributed by atoms with Gasteiger partial charge >= 0.3 is 0 Å². The molecule has 1 aromatic rings. The molecule has 3 nitrogen and oxygen atoms in total. The lowest BCUT2D eigenvalue weighted by Crippen LogP contribution is -2.12. The van der Waals surface area contributed by atoms with Crippen molar-refractivity contribution < 1.29 is 4.79 Å². The number of hydrogen-bond acceptors (Lipinski definition) is 2. The molecule has 1 amide bonds. The molecule has 0 aliphatic rings. The fourth-order valence-electron chi connectivity index (χ4n) is 1.19. The van der Waals surface area contributed by atoms with Gasteiger partial charge in [0.15, 0.2) is 0 Å². The van der Waals surface area contributed by atoms with Crippen molar-refractivity contribution >= 4 is 11.6 Å². The number of benzene rings is 1. The van der Waals surface area contributed by atoms with E-state index < -0.39 is 0 Å². The normalized spacial score (nSPS) is 12.1. The molecule has 0 aliphatic heterocycles. The van der Waals surface area contributed by atoms with Crippen LogP contribution in [0, 0.1) is 5.92 Å². The van der Waals surface area contributed by atoms with E-state index >= 15 is 0 Å². The number of amides is 1. The molecule has 0 aromatic heterocycles. The SMILES string of the molecule is CC[C@@H](C)CNc1ccc(C(N)=O)cc1. The third-order valence-corrected chi connectivity index (χ3v) is 2.52. The Morgan fingerprint density at radius 3 is 2.47 bits per heavy atom. The van der Waals surface area contributed by atoms with Gasteiger partial charge in [-0.2, -0.15) is 0 Å². The first-order valence-electron chi connectivity index (χ1n) is 5.27. The van der Waals surface area contributed by atoms with Gasteiger partial charge in [-0.05, 0) is 30.2 Å². The van der Waals surface area contributed by atoms with Crippen LogP contribution in [0.1, 0.15) is 30.6 Å². The summed E-state index contributed by atoms with van der Waals surface area (Å²) in [6.45, 7) is 5.32. The van der Waals surface area contributed by atoms with Gasteiger partial charge in [-0.25, -0.2) is 0 Å². The standard InChI is InChI=1S/C12H18N2O/c1-3-9(2)8-14-11-6-4-10(5-7-11)12(13)15/h4-7,9,14H,3,8H2,1-2H3,(H2,13,15)/t9-/m1/s1. The second-order valence-electron chi connectivity index (χ2n) is 3.84. The van der Waals surface area contributed by atoms with Gasteiger partial charge < -0.3 is 11.1 Å². The number of nitrogens with two attached hydrogens (primary N) is 1. The second kappa shape index (κ2) is 5.39. The molecule has 3 N–H and O–H groups in total. The Morgan fingerprint density at radius 1 is 1.40 bits per heavy atom. The summed E-state index contributed by atoms with van der Waals surface area (Å²) in [5.41, 5.74) is 6.72. The van der Waals surface area contributed by atoms with Crippen LogP contribution in [0.3, 0.4) is 0 Å². The molecular weight excluding hydrogens is 188 g/mol. The summed E-state index contributed by atoms with van der Waals surface area (Å²) < 4.78 is 0. The zero-order chi connectivity index (χ0) is 11.3. The first kappa shape index (κ1) is 11.6. The number of carbonyl (C=O) groups excluding carboxylic acids is 1. The van der Waals surface area contributed by atoms with Crippen molar-refractivity contribution in [1.82, 2.24) is 0 Å². The maximum Gasteiger partial charge on any atom is 0.248 e. The summed E-state index contributed by atoms with van der Waals surface area (Å²) in [7, 11) is 0. The largest absolute Gasteiger partial charge is 0.385 e. The van der Waals surface area contributed by atoms with Gasteiger partial charge in [-0.1, -0.05) is 20.3 Å². The minimum atomic E-state index is -0.386. The van der Waals surface area contributed by atoms with Crippen molar-refractivity contribution in [3.05, 3.63) is 29.8 Å². The number of hydrogen-bond donors (Lipinski definition) is 2. The highest BCUT2D eigenvalue weighted by atomic mass is 16.1. The quantitative estimate of drug-likeness (QED) is 0.776. The van der Waals surface area contributed by atoms with E-state index in [4.69, 9.17) is 5.73 Å². The highest BCUT2D eigenvalue weighted by Gasteiger charge is 2.01. The summed E-state index contributed by atoms with van der Waals surface area (Å²) in [4.78, 5) is 10.8. The smallest absolute Gasteiger partial charge is 0.248 e. The lowest BCUT2D eigenvalue weighted by Gasteiger charge is -2.11. The van der Waals surface area contributed by atoms with Crippen molar-refractivity contribution in [3.63, 3.8) is 0 Å². The van der Waals surface area contributed by atoms with Crippen LogP contribution < -0.4 is 11.1 Å². The predicted molar refractivity (Wildman–Crippen MR) is 62.9 cm³/mol. The highest BCUT2D eigenvalue weighted by Crippen LogP contribution is 2.10. The Bertz CT molecular complexity index is 319. The Balaban J connectivity index is 2.53. The zero-order valence-corrected chi connectivity index (χ0v) is 9.29. The van der Waals surface area contributed by atoms with Crippen molar-refractivity contribution in [2.24, 2.45) is 11.7 Å². The van der Waals surface area contributed by atoms with Gasteiger partial charge in [-0.3, -0.25) is 4.79 Å². The average Bonchev–Trinajstić information content (AvgIpc) is 2.26. The van der Waals surface area contributed by atoms with Crippen LogP contribution in [0.15, 0.2) is 24.3 Å². The molecule has 82 valence electrons. The van der Waals surface area contributed by atoms with Crippen LogP contribution in [0.25, 0.3) is 0 Å². The van der Waals surface area contributed by atoms with Crippen molar-refractivity contribution in [3.8, 4) is 0 Å². The molecule has 15 heavy (non-hydrogen) atoms. The first-order valence-corrected chi connectivity index (χ1v) is 5.27. The van der Waals surface area contributed by atoms with Crippen molar-refractivity contribution in [2.75, 3.05) is 11.9 Å². The average molecular weight is 206 g/mol. The Kier molecular flexibility index (Phi) is 4.16. The van der Waals surface area contributed by atoms with Crippen LogP contribution in [-0.4, -0.2) is 12.5 Å². The number of anilines is 1. The summed E-state index contributed by atoms with van der Waals surface area (Å²) in [5.74, 6) is 0.268. The van der Waals surface area contributed by atoms with E-state index in [0.717, 1.165) is 18.7 Å². The molecule has 1 atom stereocenters. The third kappa shape index (κ3) is 3.62. The van der Waals surface area contributed by atoms with Gasteiger partial charge in [0, 0.05) is 17.8 Å². The highest BCUT2D eigenvalue weighted by molar-refractivity contribution is 5.93. The van der Waals surface area contributed by atoms with Gasteiger partial charge in [0.1, 0.15) is 0 Å². The first-order chi connectivity index (χ1) is 7.13. The van der Waals surface area contributed by atoms with E-state index in [-0.39, 0.29) is 5.91 Å². The second-order valence-corrected chi connectivity index (χ2v) is 3.84. The molecule has 0 saturated carbocycles. The maximum atomic E-state index is 10.8. The van der Waals surface area contributed by atoms with E-state index in [1.54, 1.807) is 12.1 Å². The van der Waals surface area contributed by atoms with E-state index in [2.05, 4.69) is 19.2 Å². The van der Waals surface area contributed by atoms with Gasteiger partial charge in [0.2, 0.25) is 5.91 Å². The summed E-state index contributed by atoms with van der Waals surface area (Å²) in [6, 6.07) is 7.23. The van der Waals surface area contributed by atoms with Crippen molar-refractivity contribution in [2.45, 2.75) is 20.3 Å². The van der Waals surface area contributed by atoms with Gasteiger partial charge in [-0.15, -0.1) is 0 Å². The molecule has 0 spiro atoms. The summed E-state index contributed by atoms with van der Waals surface area (Å²) >= 11 is 0. The van der Waals surface area contributed by atoms with Crippen LogP contribution in [0.4, 0.5) is 5.69 Å². The predicted octanol–water partition coefficient (Wildman–Crippen LogP) is 2.24. The number of nitrogens with one attached hydrogen (secondary N) is 1. The maximum absolute atomic E-state index is 10.8. The lowest BCUT2D eigenvalue weighted by atomic mass is 10.1. The van der Waals surface area contributed by atoms with E-state index in [0.29, 0.717) is 11.5 Å². The van der Waals surface area contributed by atoms with E-state index in [9.17, 15) is 4.79 Å². The molecular formula is C12H18N2O. The Labute approximate surface area is 90.7 Å². The van der Waals surface area contributed by atoms with Crippen LogP contribution in [0.2, 0.25) is 0 Å². The molecule has 1 aromatic carbocycles. The number of carbonyl (C=O) groups is 1. The molecule has 1 rings (SSSR count). The van der Waals surface area contributed by atoms with Crippen LogP contribution in [-0.2, 0) is 0 Å². The molecule has 0 bridgehead atoms. The Hall–Kier alpha value is -1.51. The topological polar surface area (TPSA) is 55.1 Å². The van der Waals surface area contributed by atoms with E-state index in [1.807, 2.05) is 12.1 Å².